The average Bonchev–Trinajstić information content (AvgIpc) is 2.00. The van der Waals surface area contributed by atoms with Gasteiger partial charge in [0.05, 0.1) is 0 Å². The first kappa shape index (κ1) is 10.6. The molecule has 0 radical (unpaired) electrons. The summed E-state index contributed by atoms with van der Waals surface area (Å²) in [5, 5.41) is 0. The van der Waals surface area contributed by atoms with Gasteiger partial charge in [0.1, 0.15) is 0 Å². The molecule has 0 aromatic carbocycles. The van der Waals surface area contributed by atoms with Gasteiger partial charge < -0.3 is 0 Å². The molecule has 0 rings (SSSR count). The molecule has 10 heavy (non-hydrogen) atoms. The molecule has 0 bridgehead atoms. The molecule has 2 unspecified atom stereocenters. The zero-order chi connectivity index (χ0) is 8.15. The van der Waals surface area contributed by atoms with Gasteiger partial charge in [-0.15, -0.1) is 0 Å². The predicted molar refractivity (Wildman–Crippen MR) is 45.9 cm³/mol. The van der Waals surface area contributed by atoms with Crippen LogP contribution in [0.5, 0.6) is 0 Å². The van der Waals surface area contributed by atoms with Crippen molar-refractivity contribution >= 4 is 19.7 Å². The third-order valence-corrected chi connectivity index (χ3v) is 10.1. The van der Waals surface area contributed by atoms with Crippen LogP contribution in [0, 0.1) is 0 Å². The SMILES string of the molecule is CC[CH](C)[Sn](=[O])[CH](C)CC. The first-order valence-electron chi connectivity index (χ1n) is 4.17. The van der Waals surface area contributed by atoms with Crippen molar-refractivity contribution in [3.8, 4) is 0 Å². The van der Waals surface area contributed by atoms with E-state index in [-0.39, 0.29) is 0 Å². The summed E-state index contributed by atoms with van der Waals surface area (Å²) in [6, 6.07) is 0. The molecule has 2 atom stereocenters. The summed E-state index contributed by atoms with van der Waals surface area (Å²) in [4.78, 5) is 0. The summed E-state index contributed by atoms with van der Waals surface area (Å²) < 4.78 is 12.7. The molecule has 0 heterocycles. The minimum absolute atomic E-state index is 0.539. The summed E-state index contributed by atoms with van der Waals surface area (Å²) in [6.45, 7) is 8.53. The molecule has 0 saturated carbocycles. The number of rotatable bonds is 4. The van der Waals surface area contributed by atoms with Crippen molar-refractivity contribution in [3.63, 3.8) is 0 Å². The maximum atomic E-state index is 11.6. The third kappa shape index (κ3) is 3.13. The average molecular weight is 249 g/mol. The van der Waals surface area contributed by atoms with Gasteiger partial charge in [-0.25, -0.2) is 0 Å². The van der Waals surface area contributed by atoms with Crippen molar-refractivity contribution in [2.45, 2.75) is 48.4 Å². The molecular weight excluding hydrogens is 231 g/mol. The van der Waals surface area contributed by atoms with Gasteiger partial charge in [0.2, 0.25) is 0 Å². The Labute approximate surface area is 71.3 Å². The van der Waals surface area contributed by atoms with Gasteiger partial charge in [-0.3, -0.25) is 0 Å². The normalized spacial score (nSPS) is 16.4. The van der Waals surface area contributed by atoms with Crippen LogP contribution in [0.2, 0.25) is 7.87 Å². The van der Waals surface area contributed by atoms with Gasteiger partial charge in [-0.2, -0.15) is 0 Å². The van der Waals surface area contributed by atoms with E-state index in [1.807, 2.05) is 0 Å². The second-order valence-corrected chi connectivity index (χ2v) is 10.9. The quantitative estimate of drug-likeness (QED) is 0.700. The Hall–Kier alpha value is 0.599. The van der Waals surface area contributed by atoms with Crippen LogP contribution in [-0.4, -0.2) is 19.7 Å². The van der Waals surface area contributed by atoms with Crippen LogP contribution < -0.4 is 0 Å². The second-order valence-electron chi connectivity index (χ2n) is 3.02. The fourth-order valence-electron chi connectivity index (χ4n) is 0.888. The van der Waals surface area contributed by atoms with Crippen molar-refractivity contribution in [3.05, 3.63) is 0 Å². The van der Waals surface area contributed by atoms with Gasteiger partial charge in [0.25, 0.3) is 0 Å². The van der Waals surface area contributed by atoms with Gasteiger partial charge in [0.15, 0.2) is 0 Å². The number of hydrogen-bond donors (Lipinski definition) is 0. The van der Waals surface area contributed by atoms with Crippen LogP contribution in [0.4, 0.5) is 0 Å². The van der Waals surface area contributed by atoms with E-state index < -0.39 is 19.7 Å². The third-order valence-electron chi connectivity index (χ3n) is 2.20. The Morgan fingerprint density at radius 2 is 1.40 bits per heavy atom. The molecule has 0 amide bonds. The molecule has 0 aliphatic heterocycles. The molecule has 0 aliphatic carbocycles. The van der Waals surface area contributed by atoms with Crippen LogP contribution in [0.15, 0.2) is 0 Å². The Morgan fingerprint density at radius 1 is 1.10 bits per heavy atom. The van der Waals surface area contributed by atoms with E-state index in [9.17, 15) is 3.08 Å². The van der Waals surface area contributed by atoms with Crippen LogP contribution >= 0.6 is 0 Å². The van der Waals surface area contributed by atoms with E-state index in [0.29, 0.717) is 7.87 Å². The Bertz CT molecular complexity index is 99.8. The zero-order valence-corrected chi connectivity index (χ0v) is 10.3. The molecule has 0 aliphatic rings. The monoisotopic (exact) mass is 250 g/mol. The Kier molecular flexibility index (Phi) is 5.59. The summed E-state index contributed by atoms with van der Waals surface area (Å²) in [5.74, 6) is 0. The molecule has 0 N–H and O–H groups in total. The van der Waals surface area contributed by atoms with E-state index in [0.717, 1.165) is 12.8 Å². The summed E-state index contributed by atoms with van der Waals surface area (Å²) in [6.07, 6.45) is 2.20. The molecule has 0 spiro atoms. The fraction of sp³-hybridized carbons (Fsp3) is 1.00. The van der Waals surface area contributed by atoms with Gasteiger partial charge in [-0.05, 0) is 0 Å². The fourth-order valence-corrected chi connectivity index (χ4v) is 5.96. The maximum absolute atomic E-state index is 11.6. The van der Waals surface area contributed by atoms with E-state index >= 15 is 0 Å². The molecule has 1 nitrogen and oxygen atoms in total. The van der Waals surface area contributed by atoms with Crippen molar-refractivity contribution in [1.82, 2.24) is 0 Å². The van der Waals surface area contributed by atoms with Gasteiger partial charge in [-0.1, -0.05) is 0 Å². The summed E-state index contributed by atoms with van der Waals surface area (Å²) in [5.41, 5.74) is 0. The zero-order valence-electron chi connectivity index (χ0n) is 7.48. The van der Waals surface area contributed by atoms with Crippen molar-refractivity contribution in [2.75, 3.05) is 0 Å². The molecule has 2 heteroatoms. The molecule has 60 valence electrons. The predicted octanol–water partition coefficient (Wildman–Crippen LogP) is 3.01. The molecule has 0 fully saturated rings. The van der Waals surface area contributed by atoms with E-state index in [1.165, 1.54) is 0 Å². The Balaban J connectivity index is 3.82. The second kappa shape index (κ2) is 5.28. The van der Waals surface area contributed by atoms with E-state index in [2.05, 4.69) is 27.7 Å². The summed E-state index contributed by atoms with van der Waals surface area (Å²) >= 11 is -2.18. The van der Waals surface area contributed by atoms with Gasteiger partial charge in [0, 0.05) is 0 Å². The van der Waals surface area contributed by atoms with Crippen LogP contribution in [0.1, 0.15) is 40.5 Å². The molecule has 0 saturated heterocycles. The topological polar surface area (TPSA) is 17.1 Å². The minimum atomic E-state index is -2.18. The molecule has 0 aromatic rings. The van der Waals surface area contributed by atoms with Gasteiger partial charge >= 0.3 is 71.2 Å². The van der Waals surface area contributed by atoms with E-state index in [4.69, 9.17) is 0 Å². The van der Waals surface area contributed by atoms with Crippen molar-refractivity contribution in [2.24, 2.45) is 0 Å². The number of hydrogen-bond acceptors (Lipinski definition) is 1. The van der Waals surface area contributed by atoms with Crippen LogP contribution in [0.3, 0.4) is 0 Å². The van der Waals surface area contributed by atoms with Crippen molar-refractivity contribution in [1.29, 1.82) is 0 Å². The molecule has 0 aromatic heterocycles. The standard InChI is InChI=1S/2C4H9.O.Sn/c2*1-3-4-2;;/h2*3H,4H2,1-2H3;;. The van der Waals surface area contributed by atoms with Crippen LogP contribution in [0.25, 0.3) is 0 Å². The van der Waals surface area contributed by atoms with Crippen LogP contribution in [-0.2, 0) is 3.08 Å². The van der Waals surface area contributed by atoms with Crippen molar-refractivity contribution < 1.29 is 3.08 Å². The Morgan fingerprint density at radius 3 is 1.60 bits per heavy atom. The first-order chi connectivity index (χ1) is 4.63. The molecular formula is C8H18OSn. The summed E-state index contributed by atoms with van der Waals surface area (Å²) in [7, 11) is 0. The van der Waals surface area contributed by atoms with E-state index in [1.54, 1.807) is 0 Å². The first-order valence-corrected chi connectivity index (χ1v) is 8.63.